The van der Waals surface area contributed by atoms with Crippen LogP contribution in [0.3, 0.4) is 0 Å². The highest BCUT2D eigenvalue weighted by Gasteiger charge is 2.13. The highest BCUT2D eigenvalue weighted by atomic mass is 79.9. The summed E-state index contributed by atoms with van der Waals surface area (Å²) in [6.45, 7) is 0. The van der Waals surface area contributed by atoms with Crippen LogP contribution in [0.5, 0.6) is 11.5 Å². The van der Waals surface area contributed by atoms with Crippen LogP contribution in [0.1, 0.15) is 16.1 Å². The number of aromatic nitrogens is 1. The van der Waals surface area contributed by atoms with Crippen molar-refractivity contribution in [2.45, 2.75) is 0 Å². The molecule has 1 heterocycles. The second kappa shape index (κ2) is 6.63. The van der Waals surface area contributed by atoms with Crippen molar-refractivity contribution in [2.75, 3.05) is 14.2 Å². The summed E-state index contributed by atoms with van der Waals surface area (Å²) in [4.78, 5) is 12.3. The van der Waals surface area contributed by atoms with E-state index in [1.165, 1.54) is 0 Å². The number of rotatable bonds is 5. The number of hydrogen-bond acceptors (Lipinski definition) is 3. The number of carbonyl (C=O) groups is 1. The van der Waals surface area contributed by atoms with Crippen molar-refractivity contribution in [2.24, 2.45) is 7.05 Å². The van der Waals surface area contributed by atoms with Crippen LogP contribution in [0, 0.1) is 0 Å². The van der Waals surface area contributed by atoms with Crippen molar-refractivity contribution in [1.29, 1.82) is 0 Å². The molecule has 2 aromatic rings. The van der Waals surface area contributed by atoms with Crippen LogP contribution >= 0.6 is 15.9 Å². The quantitative estimate of drug-likeness (QED) is 0.610. The predicted molar refractivity (Wildman–Crippen MR) is 86.0 cm³/mol. The Balaban J connectivity index is 2.31. The second-order valence-electron chi connectivity index (χ2n) is 4.43. The summed E-state index contributed by atoms with van der Waals surface area (Å²) >= 11 is 3.39. The SMILES string of the molecule is COc1cc(Br)c(C(=O)/C=C/c2cccn2C)cc1OC. The summed E-state index contributed by atoms with van der Waals surface area (Å²) in [6, 6.07) is 7.26. The number of hydrogen-bond donors (Lipinski definition) is 0. The fourth-order valence-electron chi connectivity index (χ4n) is 1.94. The van der Waals surface area contributed by atoms with Crippen LogP contribution in [0.2, 0.25) is 0 Å². The molecule has 0 aliphatic rings. The predicted octanol–water partition coefficient (Wildman–Crippen LogP) is 3.70. The number of ether oxygens (including phenoxy) is 2. The van der Waals surface area contributed by atoms with Crippen molar-refractivity contribution in [3.63, 3.8) is 0 Å². The van der Waals surface area contributed by atoms with Crippen LogP contribution in [-0.4, -0.2) is 24.6 Å². The Labute approximate surface area is 132 Å². The first-order valence-electron chi connectivity index (χ1n) is 6.32. The molecule has 0 spiro atoms. The minimum atomic E-state index is -0.107. The zero-order valence-electron chi connectivity index (χ0n) is 12.1. The molecule has 0 aliphatic carbocycles. The Morgan fingerprint density at radius 1 is 1.24 bits per heavy atom. The van der Waals surface area contributed by atoms with Gasteiger partial charge in [0.05, 0.1) is 14.2 Å². The van der Waals surface area contributed by atoms with E-state index in [0.29, 0.717) is 21.5 Å². The van der Waals surface area contributed by atoms with Crippen LogP contribution in [0.15, 0.2) is 41.0 Å². The molecule has 0 N–H and O–H groups in total. The summed E-state index contributed by atoms with van der Waals surface area (Å²) in [5, 5.41) is 0. The maximum atomic E-state index is 12.3. The molecule has 0 amide bonds. The molecule has 0 aliphatic heterocycles. The van der Waals surface area contributed by atoms with Gasteiger partial charge < -0.3 is 14.0 Å². The number of ketones is 1. The number of nitrogens with zero attached hydrogens (tertiary/aromatic N) is 1. The first-order chi connectivity index (χ1) is 10.1. The van der Waals surface area contributed by atoms with E-state index in [4.69, 9.17) is 9.47 Å². The molecule has 110 valence electrons. The van der Waals surface area contributed by atoms with Crippen molar-refractivity contribution in [1.82, 2.24) is 4.57 Å². The molecule has 4 nitrogen and oxygen atoms in total. The number of aryl methyl sites for hydroxylation is 1. The molecule has 1 aromatic heterocycles. The second-order valence-corrected chi connectivity index (χ2v) is 5.28. The van der Waals surface area contributed by atoms with Crippen molar-refractivity contribution < 1.29 is 14.3 Å². The first kappa shape index (κ1) is 15.4. The smallest absolute Gasteiger partial charge is 0.187 e. The molecule has 0 saturated heterocycles. The van der Waals surface area contributed by atoms with Crippen molar-refractivity contribution >= 4 is 27.8 Å². The normalized spacial score (nSPS) is 10.9. The van der Waals surface area contributed by atoms with Gasteiger partial charge in [0, 0.05) is 29.0 Å². The average Bonchev–Trinajstić information content (AvgIpc) is 2.89. The van der Waals surface area contributed by atoms with Gasteiger partial charge in [0.2, 0.25) is 0 Å². The fraction of sp³-hybridized carbons (Fsp3) is 0.188. The zero-order chi connectivity index (χ0) is 15.4. The Kier molecular flexibility index (Phi) is 4.85. The third kappa shape index (κ3) is 3.36. The van der Waals surface area contributed by atoms with Crippen LogP contribution < -0.4 is 9.47 Å². The van der Waals surface area contributed by atoms with Gasteiger partial charge >= 0.3 is 0 Å². The largest absolute Gasteiger partial charge is 0.493 e. The molecular weight excluding hydrogens is 334 g/mol. The fourth-order valence-corrected chi connectivity index (χ4v) is 2.46. The lowest BCUT2D eigenvalue weighted by Gasteiger charge is -2.10. The Hall–Kier alpha value is -2.01. The van der Waals surface area contributed by atoms with Gasteiger partial charge in [-0.2, -0.15) is 0 Å². The van der Waals surface area contributed by atoms with Crippen molar-refractivity contribution in [3.05, 3.63) is 52.3 Å². The molecular formula is C16H16BrNO3. The molecule has 0 radical (unpaired) electrons. The topological polar surface area (TPSA) is 40.5 Å². The van der Waals surface area contributed by atoms with Gasteiger partial charge in [0.1, 0.15) is 0 Å². The summed E-state index contributed by atoms with van der Waals surface area (Å²) in [5.74, 6) is 0.993. The van der Waals surface area contributed by atoms with Gasteiger partial charge in [0.15, 0.2) is 17.3 Å². The molecule has 0 fully saturated rings. The summed E-state index contributed by atoms with van der Waals surface area (Å²) in [7, 11) is 5.03. The van der Waals surface area contributed by atoms with Gasteiger partial charge in [-0.25, -0.2) is 0 Å². The lowest BCUT2D eigenvalue weighted by atomic mass is 10.1. The van der Waals surface area contributed by atoms with Gasteiger partial charge in [-0.3, -0.25) is 4.79 Å². The van der Waals surface area contributed by atoms with E-state index in [-0.39, 0.29) is 5.78 Å². The summed E-state index contributed by atoms with van der Waals surface area (Å²) in [6.07, 6.45) is 5.25. The number of allylic oxidation sites excluding steroid dienone is 1. The third-order valence-corrected chi connectivity index (χ3v) is 3.78. The zero-order valence-corrected chi connectivity index (χ0v) is 13.7. The summed E-state index contributed by atoms with van der Waals surface area (Å²) in [5.41, 5.74) is 1.48. The van der Waals surface area contributed by atoms with Crippen molar-refractivity contribution in [3.8, 4) is 11.5 Å². The van der Waals surface area contributed by atoms with E-state index in [9.17, 15) is 4.79 Å². The Morgan fingerprint density at radius 2 is 1.90 bits per heavy atom. The molecule has 0 unspecified atom stereocenters. The molecule has 0 atom stereocenters. The molecule has 21 heavy (non-hydrogen) atoms. The van der Waals surface area contributed by atoms with Gasteiger partial charge in [0.25, 0.3) is 0 Å². The van der Waals surface area contributed by atoms with Gasteiger partial charge in [-0.15, -0.1) is 0 Å². The number of halogens is 1. The number of carbonyl (C=O) groups excluding carboxylic acids is 1. The number of methoxy groups -OCH3 is 2. The van der Waals surface area contributed by atoms with E-state index in [2.05, 4.69) is 15.9 Å². The van der Waals surface area contributed by atoms with Gasteiger partial charge in [-0.05, 0) is 52.3 Å². The molecule has 2 rings (SSSR count). The van der Waals surface area contributed by atoms with Gasteiger partial charge in [-0.1, -0.05) is 0 Å². The maximum absolute atomic E-state index is 12.3. The van der Waals surface area contributed by atoms with E-state index in [1.54, 1.807) is 38.5 Å². The minimum absolute atomic E-state index is 0.107. The Morgan fingerprint density at radius 3 is 2.48 bits per heavy atom. The van der Waals surface area contributed by atoms with E-state index < -0.39 is 0 Å². The van der Waals surface area contributed by atoms with Crippen LogP contribution in [-0.2, 0) is 7.05 Å². The molecule has 0 saturated carbocycles. The standard InChI is InChI=1S/C16H16BrNO3/c1-18-8-4-5-11(18)6-7-14(19)12-9-15(20-2)16(21-3)10-13(12)17/h4-10H,1-3H3/b7-6+. The van der Waals surface area contributed by atoms with Crippen LogP contribution in [0.25, 0.3) is 6.08 Å². The molecule has 5 heteroatoms. The summed E-state index contributed by atoms with van der Waals surface area (Å²) < 4.78 is 13.0. The first-order valence-corrected chi connectivity index (χ1v) is 7.11. The number of benzene rings is 1. The lowest BCUT2D eigenvalue weighted by Crippen LogP contribution is -1.99. The lowest BCUT2D eigenvalue weighted by molar-refractivity contribution is 0.104. The molecule has 1 aromatic carbocycles. The Bertz CT molecular complexity index is 689. The third-order valence-electron chi connectivity index (χ3n) is 3.13. The molecule has 0 bridgehead atoms. The highest BCUT2D eigenvalue weighted by Crippen LogP contribution is 2.33. The van der Waals surface area contributed by atoms with E-state index in [0.717, 1.165) is 5.69 Å². The maximum Gasteiger partial charge on any atom is 0.187 e. The average molecular weight is 350 g/mol. The van der Waals surface area contributed by atoms with Crippen LogP contribution in [0.4, 0.5) is 0 Å². The van der Waals surface area contributed by atoms with E-state index >= 15 is 0 Å². The van der Waals surface area contributed by atoms with E-state index in [1.807, 2.05) is 29.9 Å². The minimum Gasteiger partial charge on any atom is -0.493 e. The highest BCUT2D eigenvalue weighted by molar-refractivity contribution is 9.10. The monoisotopic (exact) mass is 349 g/mol.